The van der Waals surface area contributed by atoms with E-state index >= 15 is 0 Å². The summed E-state index contributed by atoms with van der Waals surface area (Å²) in [4.78, 5) is 4.48. The molecule has 0 saturated carbocycles. The van der Waals surface area contributed by atoms with E-state index in [1.165, 1.54) is 0 Å². The zero-order valence-corrected chi connectivity index (χ0v) is 15.1. The van der Waals surface area contributed by atoms with Gasteiger partial charge in [0.1, 0.15) is 11.6 Å². The van der Waals surface area contributed by atoms with E-state index in [4.69, 9.17) is 0 Å². The Balaban J connectivity index is 1.64. The molecule has 2 fully saturated rings. The Bertz CT molecular complexity index is 540. The van der Waals surface area contributed by atoms with E-state index in [-0.39, 0.29) is 31.3 Å². The molecule has 1 atom stereocenters. The van der Waals surface area contributed by atoms with E-state index in [0.717, 1.165) is 70.1 Å². The minimum atomic E-state index is -0.185. The first-order chi connectivity index (χ1) is 12.1. The molecule has 3 rings (SSSR count). The van der Waals surface area contributed by atoms with Crippen LogP contribution >= 0.6 is 0 Å². The van der Waals surface area contributed by atoms with Gasteiger partial charge in [0, 0.05) is 32.6 Å². The van der Waals surface area contributed by atoms with Gasteiger partial charge in [0.05, 0.1) is 31.9 Å². The van der Waals surface area contributed by atoms with Gasteiger partial charge in [-0.1, -0.05) is 0 Å². The molecule has 0 radical (unpaired) electrons. The van der Waals surface area contributed by atoms with Crippen LogP contribution in [0.4, 0.5) is 0 Å². The lowest BCUT2D eigenvalue weighted by atomic mass is 9.96. The lowest BCUT2D eigenvalue weighted by molar-refractivity contribution is 0.0537. The van der Waals surface area contributed by atoms with E-state index in [0.29, 0.717) is 0 Å². The molecule has 0 aliphatic carbocycles. The third kappa shape index (κ3) is 4.38. The van der Waals surface area contributed by atoms with Gasteiger partial charge >= 0.3 is 0 Å². The highest BCUT2D eigenvalue weighted by Crippen LogP contribution is 2.27. The fourth-order valence-electron chi connectivity index (χ4n) is 3.98. The third-order valence-corrected chi connectivity index (χ3v) is 5.68. The standard InChI is InChI=1S/C17H31N5O3/c1-20-16(10-21-7-4-15(25)5-8-21)18-19-17(20)13-3-2-6-22(9-13)14(11-23)12-24/h13-15,23-25H,2-12H2,1H3/t13-/m1/s1. The number of hydrogen-bond acceptors (Lipinski definition) is 7. The van der Waals surface area contributed by atoms with Crippen LogP contribution in [0.3, 0.4) is 0 Å². The molecule has 2 saturated heterocycles. The second-order valence-electron chi connectivity index (χ2n) is 7.39. The number of rotatable bonds is 6. The van der Waals surface area contributed by atoms with Gasteiger partial charge in [-0.3, -0.25) is 9.80 Å². The summed E-state index contributed by atoms with van der Waals surface area (Å²) in [5, 5.41) is 37.4. The van der Waals surface area contributed by atoms with Crippen molar-refractivity contribution < 1.29 is 15.3 Å². The number of piperidine rings is 2. The highest BCUT2D eigenvalue weighted by atomic mass is 16.3. The van der Waals surface area contributed by atoms with Crippen LogP contribution in [-0.4, -0.2) is 91.4 Å². The first-order valence-electron chi connectivity index (χ1n) is 9.36. The summed E-state index contributed by atoms with van der Waals surface area (Å²) in [5.41, 5.74) is 0. The van der Waals surface area contributed by atoms with E-state index in [1.54, 1.807) is 0 Å². The second kappa shape index (κ2) is 8.55. The van der Waals surface area contributed by atoms with Crippen LogP contribution in [0.15, 0.2) is 0 Å². The summed E-state index contributed by atoms with van der Waals surface area (Å²) in [6.45, 7) is 4.23. The van der Waals surface area contributed by atoms with Crippen molar-refractivity contribution in [3.63, 3.8) is 0 Å². The summed E-state index contributed by atoms with van der Waals surface area (Å²) < 4.78 is 2.10. The maximum absolute atomic E-state index is 9.63. The monoisotopic (exact) mass is 353 g/mol. The molecule has 0 spiro atoms. The highest BCUT2D eigenvalue weighted by Gasteiger charge is 2.29. The molecule has 3 heterocycles. The Morgan fingerprint density at radius 2 is 1.80 bits per heavy atom. The predicted octanol–water partition coefficient (Wildman–Crippen LogP) is -0.696. The molecule has 0 amide bonds. The van der Waals surface area contributed by atoms with Gasteiger partial charge in [-0.05, 0) is 32.2 Å². The van der Waals surface area contributed by atoms with Crippen LogP contribution in [0.2, 0.25) is 0 Å². The normalized spacial score (nSPS) is 24.3. The largest absolute Gasteiger partial charge is 0.395 e. The van der Waals surface area contributed by atoms with Gasteiger partial charge in [-0.2, -0.15) is 0 Å². The SMILES string of the molecule is Cn1c(CN2CCC(O)CC2)nnc1[C@@H]1CCCN(C(CO)CO)C1. The Morgan fingerprint density at radius 3 is 2.48 bits per heavy atom. The van der Waals surface area contributed by atoms with E-state index in [1.807, 2.05) is 7.05 Å². The molecule has 25 heavy (non-hydrogen) atoms. The van der Waals surface area contributed by atoms with Crippen LogP contribution in [0.25, 0.3) is 0 Å². The lowest BCUT2D eigenvalue weighted by Crippen LogP contribution is -2.46. The van der Waals surface area contributed by atoms with Gasteiger partial charge in [0.2, 0.25) is 0 Å². The topological polar surface area (TPSA) is 97.9 Å². The van der Waals surface area contributed by atoms with E-state index < -0.39 is 0 Å². The molecular formula is C17H31N5O3. The van der Waals surface area contributed by atoms with Crippen LogP contribution < -0.4 is 0 Å². The Hall–Kier alpha value is -1.06. The van der Waals surface area contributed by atoms with Crippen molar-refractivity contribution in [2.45, 2.75) is 50.3 Å². The maximum Gasteiger partial charge on any atom is 0.146 e. The molecule has 2 aliphatic rings. The summed E-state index contributed by atoms with van der Waals surface area (Å²) in [6.07, 6.45) is 3.58. The van der Waals surface area contributed by atoms with Crippen LogP contribution in [0.5, 0.6) is 0 Å². The molecule has 142 valence electrons. The molecule has 0 unspecified atom stereocenters. The molecular weight excluding hydrogens is 322 g/mol. The van der Waals surface area contributed by atoms with Gasteiger partial charge in [-0.15, -0.1) is 10.2 Å². The first-order valence-corrected chi connectivity index (χ1v) is 9.36. The van der Waals surface area contributed by atoms with Crippen molar-refractivity contribution in [1.82, 2.24) is 24.6 Å². The zero-order valence-electron chi connectivity index (χ0n) is 15.1. The summed E-state index contributed by atoms with van der Waals surface area (Å²) in [7, 11) is 2.03. The maximum atomic E-state index is 9.63. The minimum Gasteiger partial charge on any atom is -0.395 e. The number of likely N-dealkylation sites (tertiary alicyclic amines) is 2. The Labute approximate surface area is 149 Å². The lowest BCUT2D eigenvalue weighted by Gasteiger charge is -2.36. The fourth-order valence-corrected chi connectivity index (χ4v) is 3.98. The molecule has 2 aliphatic heterocycles. The molecule has 3 N–H and O–H groups in total. The molecule has 0 aromatic carbocycles. The van der Waals surface area contributed by atoms with Crippen molar-refractivity contribution in [3.8, 4) is 0 Å². The second-order valence-corrected chi connectivity index (χ2v) is 7.39. The molecule has 1 aromatic rings. The Kier molecular flexibility index (Phi) is 6.40. The number of aromatic nitrogens is 3. The summed E-state index contributed by atoms with van der Waals surface area (Å²) >= 11 is 0. The molecule has 0 bridgehead atoms. The fraction of sp³-hybridized carbons (Fsp3) is 0.882. The van der Waals surface area contributed by atoms with Gasteiger partial charge in [-0.25, -0.2) is 0 Å². The van der Waals surface area contributed by atoms with Crippen LogP contribution in [0.1, 0.15) is 43.3 Å². The van der Waals surface area contributed by atoms with Gasteiger partial charge in [0.15, 0.2) is 0 Å². The Morgan fingerprint density at radius 1 is 1.08 bits per heavy atom. The quantitative estimate of drug-likeness (QED) is 0.622. The molecule has 8 nitrogen and oxygen atoms in total. The van der Waals surface area contributed by atoms with Crippen molar-refractivity contribution in [1.29, 1.82) is 0 Å². The van der Waals surface area contributed by atoms with Gasteiger partial charge in [0.25, 0.3) is 0 Å². The van der Waals surface area contributed by atoms with E-state index in [2.05, 4.69) is 24.6 Å². The number of hydrogen-bond donors (Lipinski definition) is 3. The first kappa shape index (κ1) is 18.7. The smallest absolute Gasteiger partial charge is 0.146 e. The summed E-state index contributed by atoms with van der Waals surface area (Å²) in [5.74, 6) is 2.24. The molecule has 8 heteroatoms. The van der Waals surface area contributed by atoms with Crippen molar-refractivity contribution in [3.05, 3.63) is 11.6 Å². The predicted molar refractivity (Wildman–Crippen MR) is 93.0 cm³/mol. The van der Waals surface area contributed by atoms with Gasteiger partial charge < -0.3 is 19.9 Å². The van der Waals surface area contributed by atoms with Crippen molar-refractivity contribution in [2.24, 2.45) is 7.05 Å². The average molecular weight is 353 g/mol. The highest BCUT2D eigenvalue weighted by molar-refractivity contribution is 5.04. The third-order valence-electron chi connectivity index (χ3n) is 5.68. The van der Waals surface area contributed by atoms with E-state index in [9.17, 15) is 15.3 Å². The number of aliphatic hydroxyl groups excluding tert-OH is 3. The summed E-state index contributed by atoms with van der Waals surface area (Å²) in [6, 6.07) is -0.185. The van der Waals surface area contributed by atoms with Crippen LogP contribution in [-0.2, 0) is 13.6 Å². The molecule has 1 aromatic heterocycles. The van der Waals surface area contributed by atoms with Crippen molar-refractivity contribution in [2.75, 3.05) is 39.4 Å². The average Bonchev–Trinajstić information content (AvgIpc) is 2.99. The van der Waals surface area contributed by atoms with Crippen molar-refractivity contribution >= 4 is 0 Å². The minimum absolute atomic E-state index is 0.0197. The zero-order chi connectivity index (χ0) is 17.8. The van der Waals surface area contributed by atoms with Crippen LogP contribution in [0, 0.1) is 0 Å². The number of aliphatic hydroxyl groups is 3. The number of nitrogens with zero attached hydrogens (tertiary/aromatic N) is 5.